The standard InChI is InChI=1S/C28H33N3O2/c1-20-14-17-29(18-15-20)23-10-12-24(13-11-23)31-27(32)25(22-8-4-3-5-9-22)26(28(31)33)30-16-6-7-21(2)19-30/h3-5,8-13,20-21H,6-7,14-19H2,1-2H3. The lowest BCUT2D eigenvalue weighted by Gasteiger charge is -2.33. The summed E-state index contributed by atoms with van der Waals surface area (Å²) >= 11 is 0. The smallest absolute Gasteiger partial charge is 0.282 e. The van der Waals surface area contributed by atoms with Crippen LogP contribution in [0.25, 0.3) is 5.57 Å². The van der Waals surface area contributed by atoms with Crippen LogP contribution in [0.3, 0.4) is 0 Å². The molecular formula is C28H33N3O2. The number of nitrogens with zero attached hydrogens (tertiary/aromatic N) is 3. The van der Waals surface area contributed by atoms with E-state index in [-0.39, 0.29) is 11.8 Å². The van der Waals surface area contributed by atoms with Crippen molar-refractivity contribution in [3.05, 3.63) is 65.9 Å². The monoisotopic (exact) mass is 443 g/mol. The first-order valence-electron chi connectivity index (χ1n) is 12.3. The van der Waals surface area contributed by atoms with E-state index in [0.29, 0.717) is 22.9 Å². The molecule has 0 bridgehead atoms. The van der Waals surface area contributed by atoms with Crippen molar-refractivity contribution in [2.75, 3.05) is 36.0 Å². The van der Waals surface area contributed by atoms with Crippen molar-refractivity contribution < 1.29 is 9.59 Å². The van der Waals surface area contributed by atoms with Gasteiger partial charge >= 0.3 is 0 Å². The van der Waals surface area contributed by atoms with Gasteiger partial charge in [-0.1, -0.05) is 44.2 Å². The molecule has 0 N–H and O–H groups in total. The van der Waals surface area contributed by atoms with Gasteiger partial charge < -0.3 is 9.80 Å². The third kappa shape index (κ3) is 4.17. The molecule has 5 rings (SSSR count). The highest BCUT2D eigenvalue weighted by Crippen LogP contribution is 2.37. The molecule has 172 valence electrons. The molecule has 2 aromatic rings. The molecule has 2 aromatic carbocycles. The summed E-state index contributed by atoms with van der Waals surface area (Å²) in [6.45, 7) is 8.26. The molecule has 3 aliphatic rings. The molecule has 1 atom stereocenters. The van der Waals surface area contributed by atoms with E-state index in [9.17, 15) is 9.59 Å². The number of carbonyl (C=O) groups is 2. The highest BCUT2D eigenvalue weighted by atomic mass is 16.2. The van der Waals surface area contributed by atoms with Crippen molar-refractivity contribution in [1.82, 2.24) is 4.90 Å². The van der Waals surface area contributed by atoms with E-state index in [1.807, 2.05) is 42.5 Å². The summed E-state index contributed by atoms with van der Waals surface area (Å²) in [4.78, 5) is 33.3. The van der Waals surface area contributed by atoms with Crippen molar-refractivity contribution in [2.45, 2.75) is 39.5 Å². The Morgan fingerprint density at radius 1 is 0.697 bits per heavy atom. The molecule has 0 spiro atoms. The average molecular weight is 444 g/mol. The Morgan fingerprint density at radius 3 is 2.03 bits per heavy atom. The first-order valence-corrected chi connectivity index (χ1v) is 12.3. The summed E-state index contributed by atoms with van der Waals surface area (Å²) in [5.74, 6) is 0.858. The Kier molecular flexibility index (Phi) is 5.96. The molecule has 0 aromatic heterocycles. The lowest BCUT2D eigenvalue weighted by molar-refractivity contribution is -0.120. The normalized spacial score (nSPS) is 22.5. The number of hydrogen-bond acceptors (Lipinski definition) is 4. The minimum Gasteiger partial charge on any atom is -0.372 e. The minimum atomic E-state index is -0.223. The van der Waals surface area contributed by atoms with E-state index < -0.39 is 0 Å². The lowest BCUT2D eigenvalue weighted by atomic mass is 9.98. The van der Waals surface area contributed by atoms with Crippen LogP contribution in [0.1, 0.15) is 45.1 Å². The fourth-order valence-electron chi connectivity index (χ4n) is 5.38. The largest absolute Gasteiger partial charge is 0.372 e. The van der Waals surface area contributed by atoms with E-state index >= 15 is 0 Å². The zero-order valence-corrected chi connectivity index (χ0v) is 19.7. The zero-order chi connectivity index (χ0) is 22.9. The third-order valence-corrected chi connectivity index (χ3v) is 7.35. The second-order valence-corrected chi connectivity index (χ2v) is 9.91. The van der Waals surface area contributed by atoms with Crippen molar-refractivity contribution in [1.29, 1.82) is 0 Å². The van der Waals surface area contributed by atoms with Crippen molar-refractivity contribution in [3.8, 4) is 0 Å². The average Bonchev–Trinajstić information content (AvgIpc) is 3.10. The molecule has 1 unspecified atom stereocenters. The van der Waals surface area contributed by atoms with Gasteiger partial charge in [-0.25, -0.2) is 4.90 Å². The Morgan fingerprint density at radius 2 is 1.36 bits per heavy atom. The van der Waals surface area contributed by atoms with Crippen LogP contribution < -0.4 is 9.80 Å². The minimum absolute atomic E-state index is 0.201. The molecule has 5 nitrogen and oxygen atoms in total. The van der Waals surface area contributed by atoms with Gasteiger partial charge in [0, 0.05) is 31.9 Å². The van der Waals surface area contributed by atoms with Crippen LogP contribution >= 0.6 is 0 Å². The fraction of sp³-hybridized carbons (Fsp3) is 0.429. The lowest BCUT2D eigenvalue weighted by Crippen LogP contribution is -2.39. The molecule has 0 saturated carbocycles. The number of amides is 2. The maximum atomic E-state index is 13.7. The van der Waals surface area contributed by atoms with Crippen molar-refractivity contribution in [2.24, 2.45) is 11.8 Å². The molecule has 3 aliphatic heterocycles. The molecule has 5 heteroatoms. The van der Waals surface area contributed by atoms with Gasteiger partial charge in [-0.2, -0.15) is 0 Å². The van der Waals surface area contributed by atoms with Crippen molar-refractivity contribution in [3.63, 3.8) is 0 Å². The molecule has 2 amide bonds. The number of carbonyl (C=O) groups excluding carboxylic acids is 2. The summed E-state index contributed by atoms with van der Waals surface area (Å²) in [5.41, 5.74) is 3.71. The van der Waals surface area contributed by atoms with Crippen LogP contribution in [0.5, 0.6) is 0 Å². The Labute approximate surface area is 196 Å². The van der Waals surface area contributed by atoms with Gasteiger partial charge in [-0.15, -0.1) is 0 Å². The number of rotatable bonds is 4. The number of piperidine rings is 2. The van der Waals surface area contributed by atoms with E-state index in [1.54, 1.807) is 0 Å². The Hall–Kier alpha value is -3.08. The molecular weight excluding hydrogens is 410 g/mol. The SMILES string of the molecule is CC1CCN(c2ccc(N3C(=O)C(c4ccccc4)=C(N4CCCC(C)C4)C3=O)cc2)CC1. The van der Waals surface area contributed by atoms with Crippen LogP contribution in [0.15, 0.2) is 60.3 Å². The maximum absolute atomic E-state index is 13.7. The molecule has 33 heavy (non-hydrogen) atoms. The summed E-state index contributed by atoms with van der Waals surface area (Å²) < 4.78 is 0. The number of hydrogen-bond donors (Lipinski definition) is 0. The van der Waals surface area contributed by atoms with Crippen molar-refractivity contribution >= 4 is 28.8 Å². The van der Waals surface area contributed by atoms with Gasteiger partial charge in [0.05, 0.1) is 11.3 Å². The first-order chi connectivity index (χ1) is 16.0. The maximum Gasteiger partial charge on any atom is 0.282 e. The van der Waals surface area contributed by atoms with E-state index in [2.05, 4.69) is 35.8 Å². The van der Waals surface area contributed by atoms with Crippen LogP contribution in [0, 0.1) is 11.8 Å². The zero-order valence-electron chi connectivity index (χ0n) is 19.7. The first kappa shape index (κ1) is 21.7. The molecule has 0 radical (unpaired) electrons. The third-order valence-electron chi connectivity index (χ3n) is 7.35. The summed E-state index contributed by atoms with van der Waals surface area (Å²) in [6.07, 6.45) is 4.60. The van der Waals surface area contributed by atoms with Gasteiger partial charge in [-0.05, 0) is 67.3 Å². The van der Waals surface area contributed by atoms with Crippen LogP contribution in [-0.4, -0.2) is 42.9 Å². The number of benzene rings is 2. The molecule has 0 aliphatic carbocycles. The summed E-state index contributed by atoms with van der Waals surface area (Å²) in [7, 11) is 0. The fourth-order valence-corrected chi connectivity index (χ4v) is 5.38. The van der Waals surface area contributed by atoms with Gasteiger partial charge in [0.2, 0.25) is 0 Å². The summed E-state index contributed by atoms with van der Waals surface area (Å²) in [6, 6.07) is 17.6. The van der Waals surface area contributed by atoms with Gasteiger partial charge in [0.25, 0.3) is 11.8 Å². The molecule has 3 heterocycles. The number of likely N-dealkylation sites (tertiary alicyclic amines) is 1. The van der Waals surface area contributed by atoms with Gasteiger partial charge in [0.15, 0.2) is 0 Å². The topological polar surface area (TPSA) is 43.9 Å². The van der Waals surface area contributed by atoms with Crippen LogP contribution in [-0.2, 0) is 9.59 Å². The molecule has 2 saturated heterocycles. The van der Waals surface area contributed by atoms with Gasteiger partial charge in [0.1, 0.15) is 5.70 Å². The van der Waals surface area contributed by atoms with Gasteiger partial charge in [-0.3, -0.25) is 9.59 Å². The summed E-state index contributed by atoms with van der Waals surface area (Å²) in [5, 5.41) is 0. The van der Waals surface area contributed by atoms with E-state index in [4.69, 9.17) is 0 Å². The quantitative estimate of drug-likeness (QED) is 0.628. The van der Waals surface area contributed by atoms with Crippen LogP contribution in [0.4, 0.5) is 11.4 Å². The highest BCUT2D eigenvalue weighted by Gasteiger charge is 2.43. The predicted molar refractivity (Wildman–Crippen MR) is 133 cm³/mol. The highest BCUT2D eigenvalue weighted by molar-refractivity contribution is 6.45. The number of imide groups is 1. The van der Waals surface area contributed by atoms with E-state index in [0.717, 1.165) is 56.2 Å². The van der Waals surface area contributed by atoms with Crippen LogP contribution in [0.2, 0.25) is 0 Å². The van der Waals surface area contributed by atoms with E-state index in [1.165, 1.54) is 17.7 Å². The Bertz CT molecular complexity index is 1050. The Balaban J connectivity index is 1.46. The predicted octanol–water partition coefficient (Wildman–Crippen LogP) is 4.94. The molecule has 2 fully saturated rings. The second kappa shape index (κ2) is 9.05. The number of anilines is 2. The second-order valence-electron chi connectivity index (χ2n) is 9.91.